The molecule has 1 aromatic rings. The average Bonchev–Trinajstić information content (AvgIpc) is 2.67. The zero-order valence-electron chi connectivity index (χ0n) is 15.1. The van der Waals surface area contributed by atoms with Gasteiger partial charge in [0.05, 0.1) is 18.0 Å². The van der Waals surface area contributed by atoms with Crippen molar-refractivity contribution in [3.8, 4) is 5.75 Å². The Balaban J connectivity index is 1.66. The van der Waals surface area contributed by atoms with Gasteiger partial charge in [0.1, 0.15) is 5.75 Å². The number of para-hydroxylation sites is 2. The number of carbonyl (C=O) groups is 1. The van der Waals surface area contributed by atoms with Gasteiger partial charge in [-0.2, -0.15) is 0 Å². The number of hydrogen-bond donors (Lipinski definition) is 1. The van der Waals surface area contributed by atoms with E-state index >= 15 is 0 Å². The lowest BCUT2D eigenvalue weighted by atomic mass is 9.97. The normalized spacial score (nSPS) is 20.0. The minimum absolute atomic E-state index is 0.00170. The Morgan fingerprint density at radius 1 is 1.31 bits per heavy atom. The molecule has 142 valence electrons. The largest absolute Gasteiger partial charge is 0.476 e. The molecule has 1 aliphatic carbocycles. The molecule has 0 saturated carbocycles. The maximum absolute atomic E-state index is 12.5. The van der Waals surface area contributed by atoms with Crippen molar-refractivity contribution >= 4 is 21.6 Å². The summed E-state index contributed by atoms with van der Waals surface area (Å²) in [7, 11) is -3.47. The van der Waals surface area contributed by atoms with Gasteiger partial charge in [0, 0.05) is 6.54 Å². The fourth-order valence-corrected chi connectivity index (χ4v) is 4.47. The molecule has 26 heavy (non-hydrogen) atoms. The highest BCUT2D eigenvalue weighted by molar-refractivity contribution is 7.92. The predicted molar refractivity (Wildman–Crippen MR) is 102 cm³/mol. The molecule has 0 aromatic heterocycles. The number of rotatable bonds is 6. The van der Waals surface area contributed by atoms with Gasteiger partial charge in [0.25, 0.3) is 5.91 Å². The van der Waals surface area contributed by atoms with E-state index in [1.54, 1.807) is 31.2 Å². The van der Waals surface area contributed by atoms with E-state index in [1.807, 2.05) is 0 Å². The number of ether oxygens (including phenoxy) is 1. The van der Waals surface area contributed by atoms with Crippen molar-refractivity contribution < 1.29 is 17.9 Å². The molecule has 0 fully saturated rings. The van der Waals surface area contributed by atoms with Gasteiger partial charge in [0.15, 0.2) is 6.10 Å². The second-order valence-electron chi connectivity index (χ2n) is 6.66. The lowest BCUT2D eigenvalue weighted by Crippen LogP contribution is -2.51. The Hall–Kier alpha value is -2.02. The van der Waals surface area contributed by atoms with Crippen molar-refractivity contribution in [2.45, 2.75) is 45.1 Å². The molecule has 1 aliphatic heterocycles. The first-order chi connectivity index (χ1) is 12.5. The number of amides is 1. The first kappa shape index (κ1) is 18.8. The highest BCUT2D eigenvalue weighted by Gasteiger charge is 2.35. The molecule has 1 amide bonds. The molecular formula is C19H26N2O4S. The molecule has 0 bridgehead atoms. The molecule has 3 rings (SSSR count). The molecule has 7 heteroatoms. The fraction of sp³-hybridized carbons (Fsp3) is 0.526. The first-order valence-electron chi connectivity index (χ1n) is 9.23. The van der Waals surface area contributed by atoms with Crippen LogP contribution in [0.15, 0.2) is 35.9 Å². The molecule has 1 N–H and O–H groups in total. The smallest absolute Gasteiger partial charge is 0.263 e. The number of benzene rings is 1. The minimum atomic E-state index is -3.47. The van der Waals surface area contributed by atoms with Crippen molar-refractivity contribution in [3.05, 3.63) is 35.9 Å². The number of hydrogen-bond acceptors (Lipinski definition) is 4. The standard InChI is InChI=1S/C19H26N2O4S/c1-2-26(23,24)21-14-18(25-17-11-7-6-10-16(17)21)19(22)20-13-12-15-8-4-3-5-9-15/h6-8,10-11,18H,2-5,9,12-14H2,1H3,(H,20,22)/t18-/m1/s1. The SMILES string of the molecule is CCS(=O)(=O)N1C[C@H](C(=O)NCCC2=CCCCC2)Oc2ccccc21. The van der Waals surface area contributed by atoms with Gasteiger partial charge in [-0.3, -0.25) is 9.10 Å². The summed E-state index contributed by atoms with van der Waals surface area (Å²) in [6, 6.07) is 6.93. The first-order valence-corrected chi connectivity index (χ1v) is 10.8. The van der Waals surface area contributed by atoms with E-state index in [9.17, 15) is 13.2 Å². The molecule has 0 saturated heterocycles. The number of sulfonamides is 1. The summed E-state index contributed by atoms with van der Waals surface area (Å²) < 4.78 is 31.9. The van der Waals surface area contributed by atoms with Crippen LogP contribution in [0.1, 0.15) is 39.0 Å². The number of allylic oxidation sites excluding steroid dienone is 1. The summed E-state index contributed by atoms with van der Waals surface area (Å²) in [5.74, 6) is 0.127. The van der Waals surface area contributed by atoms with Crippen molar-refractivity contribution in [2.24, 2.45) is 0 Å². The Morgan fingerprint density at radius 2 is 2.12 bits per heavy atom. The van der Waals surface area contributed by atoms with Crippen LogP contribution in [0, 0.1) is 0 Å². The van der Waals surface area contributed by atoms with E-state index in [4.69, 9.17) is 4.74 Å². The number of nitrogens with zero attached hydrogens (tertiary/aromatic N) is 1. The Bertz CT molecular complexity index is 788. The molecule has 0 radical (unpaired) electrons. The van der Waals surface area contributed by atoms with Crippen molar-refractivity contribution in [1.82, 2.24) is 5.32 Å². The van der Waals surface area contributed by atoms with Crippen molar-refractivity contribution in [2.75, 3.05) is 23.1 Å². The highest BCUT2D eigenvalue weighted by Crippen LogP contribution is 2.35. The molecule has 1 atom stereocenters. The van der Waals surface area contributed by atoms with E-state index < -0.39 is 16.1 Å². The summed E-state index contributed by atoms with van der Waals surface area (Å²) in [4.78, 5) is 12.5. The van der Waals surface area contributed by atoms with E-state index in [-0.39, 0.29) is 18.2 Å². The van der Waals surface area contributed by atoms with Crippen LogP contribution in [0.5, 0.6) is 5.75 Å². The molecular weight excluding hydrogens is 352 g/mol. The Labute approximate surface area is 155 Å². The second-order valence-corrected chi connectivity index (χ2v) is 8.84. The molecule has 1 aromatic carbocycles. The van der Waals surface area contributed by atoms with Crippen LogP contribution >= 0.6 is 0 Å². The highest BCUT2D eigenvalue weighted by atomic mass is 32.2. The van der Waals surface area contributed by atoms with E-state index in [0.29, 0.717) is 18.0 Å². The minimum Gasteiger partial charge on any atom is -0.476 e. The van der Waals surface area contributed by atoms with Gasteiger partial charge in [-0.25, -0.2) is 8.42 Å². The number of nitrogens with one attached hydrogen (secondary N) is 1. The van der Waals surface area contributed by atoms with E-state index in [2.05, 4.69) is 11.4 Å². The maximum Gasteiger partial charge on any atom is 0.263 e. The second kappa shape index (κ2) is 8.12. The third-order valence-electron chi connectivity index (χ3n) is 4.86. The molecule has 0 unspecified atom stereocenters. The van der Waals surface area contributed by atoms with E-state index in [0.717, 1.165) is 19.3 Å². The van der Waals surface area contributed by atoms with Crippen LogP contribution in [0.25, 0.3) is 0 Å². The van der Waals surface area contributed by atoms with Gasteiger partial charge in [-0.05, 0) is 51.2 Å². The van der Waals surface area contributed by atoms with Gasteiger partial charge in [0.2, 0.25) is 10.0 Å². The topological polar surface area (TPSA) is 75.7 Å². The lowest BCUT2D eigenvalue weighted by Gasteiger charge is -2.34. The zero-order chi connectivity index (χ0) is 18.6. The maximum atomic E-state index is 12.5. The third-order valence-corrected chi connectivity index (χ3v) is 6.61. The quantitative estimate of drug-likeness (QED) is 0.772. The average molecular weight is 378 g/mol. The van der Waals surface area contributed by atoms with Crippen LogP contribution in [-0.4, -0.2) is 39.3 Å². The Morgan fingerprint density at radius 3 is 2.85 bits per heavy atom. The van der Waals surface area contributed by atoms with Crippen molar-refractivity contribution in [1.29, 1.82) is 0 Å². The fourth-order valence-electron chi connectivity index (χ4n) is 3.35. The summed E-state index contributed by atoms with van der Waals surface area (Å²) in [6.07, 6.45) is 6.94. The zero-order valence-corrected chi connectivity index (χ0v) is 15.9. The summed E-state index contributed by atoms with van der Waals surface area (Å²) in [6.45, 7) is 2.15. The van der Waals surface area contributed by atoms with Crippen LogP contribution in [0.2, 0.25) is 0 Å². The monoisotopic (exact) mass is 378 g/mol. The van der Waals surface area contributed by atoms with Gasteiger partial charge < -0.3 is 10.1 Å². The number of carbonyl (C=O) groups excluding carboxylic acids is 1. The van der Waals surface area contributed by atoms with Gasteiger partial charge in [-0.15, -0.1) is 0 Å². The summed E-state index contributed by atoms with van der Waals surface area (Å²) in [5.41, 5.74) is 1.88. The molecule has 1 heterocycles. The Kier molecular flexibility index (Phi) is 5.86. The lowest BCUT2D eigenvalue weighted by molar-refractivity contribution is -0.127. The molecule has 0 spiro atoms. The summed E-state index contributed by atoms with van der Waals surface area (Å²) >= 11 is 0. The molecule has 2 aliphatic rings. The summed E-state index contributed by atoms with van der Waals surface area (Å²) in [5, 5.41) is 2.89. The van der Waals surface area contributed by atoms with Crippen LogP contribution in [0.4, 0.5) is 5.69 Å². The molecule has 6 nitrogen and oxygen atoms in total. The third kappa shape index (κ3) is 4.20. The van der Waals surface area contributed by atoms with Gasteiger partial charge in [-0.1, -0.05) is 23.8 Å². The van der Waals surface area contributed by atoms with Crippen LogP contribution in [-0.2, 0) is 14.8 Å². The van der Waals surface area contributed by atoms with Crippen LogP contribution in [0.3, 0.4) is 0 Å². The van der Waals surface area contributed by atoms with E-state index in [1.165, 1.54) is 22.7 Å². The number of fused-ring (bicyclic) bond motifs is 1. The van der Waals surface area contributed by atoms with Crippen molar-refractivity contribution in [3.63, 3.8) is 0 Å². The number of anilines is 1. The van der Waals surface area contributed by atoms with Gasteiger partial charge >= 0.3 is 0 Å². The van der Waals surface area contributed by atoms with Crippen LogP contribution < -0.4 is 14.4 Å². The predicted octanol–water partition coefficient (Wildman–Crippen LogP) is 2.61.